The van der Waals surface area contributed by atoms with E-state index in [2.05, 4.69) is 42.9 Å². The van der Waals surface area contributed by atoms with Gasteiger partial charge in [-0.3, -0.25) is 0 Å². The van der Waals surface area contributed by atoms with Gasteiger partial charge in [0.05, 0.1) is 16.0 Å². The molecule has 8 heteroatoms. The summed E-state index contributed by atoms with van der Waals surface area (Å²) in [6.45, 7) is 0.770. The number of hydrogen-bond acceptors (Lipinski definition) is 4. The van der Waals surface area contributed by atoms with Crippen LogP contribution in [0, 0.1) is 5.41 Å². The molecule has 0 aliphatic heterocycles. The number of hydrogen-bond donors (Lipinski definition) is 3. The van der Waals surface area contributed by atoms with Gasteiger partial charge in [0, 0.05) is 23.3 Å². The molecule has 5 nitrogen and oxygen atoms in total. The molecular weight excluding hydrogens is 484 g/mol. The summed E-state index contributed by atoms with van der Waals surface area (Å²) >= 11 is 14.1. The molecule has 1 atom stereocenters. The average molecular weight is 500 g/mol. The molecular formula is C18H16Cl2IN5. The molecule has 1 unspecified atom stereocenters. The van der Waals surface area contributed by atoms with E-state index in [0.29, 0.717) is 27.6 Å². The lowest BCUT2D eigenvalue weighted by molar-refractivity contribution is 0.674. The zero-order valence-electron chi connectivity index (χ0n) is 13.6. The molecule has 0 bridgehead atoms. The van der Waals surface area contributed by atoms with Gasteiger partial charge in [-0.05, 0) is 30.2 Å². The van der Waals surface area contributed by atoms with E-state index in [4.69, 9.17) is 28.6 Å². The topological polar surface area (TPSA) is 77.5 Å². The molecule has 0 saturated carbocycles. The lowest BCUT2D eigenvalue weighted by Gasteiger charge is -2.10. The summed E-state index contributed by atoms with van der Waals surface area (Å²) in [7, 11) is 0. The van der Waals surface area contributed by atoms with E-state index in [0.717, 1.165) is 18.0 Å². The maximum Gasteiger partial charge on any atom is 0.156 e. The van der Waals surface area contributed by atoms with Crippen molar-refractivity contribution in [2.75, 3.05) is 0 Å². The van der Waals surface area contributed by atoms with E-state index < -0.39 is 0 Å². The molecule has 134 valence electrons. The minimum atomic E-state index is 0.254. The summed E-state index contributed by atoms with van der Waals surface area (Å²) in [5, 5.41) is 12.7. The van der Waals surface area contributed by atoms with Crippen molar-refractivity contribution in [2.45, 2.75) is 17.0 Å². The molecule has 3 N–H and O–H groups in total. The first kappa shape index (κ1) is 19.3. The van der Waals surface area contributed by atoms with Gasteiger partial charge in [-0.2, -0.15) is 0 Å². The highest BCUT2D eigenvalue weighted by molar-refractivity contribution is 14.1. The molecule has 26 heavy (non-hydrogen) atoms. The average Bonchev–Trinajstić information content (AvgIpc) is 3.04. The number of H-pyrrole nitrogens is 1. The monoisotopic (exact) mass is 499 g/mol. The molecule has 1 aromatic carbocycles. The van der Waals surface area contributed by atoms with Gasteiger partial charge in [0.15, 0.2) is 5.65 Å². The van der Waals surface area contributed by atoms with Crippen molar-refractivity contribution >= 4 is 62.7 Å². The second-order valence-electron chi connectivity index (χ2n) is 5.62. The van der Waals surface area contributed by atoms with Gasteiger partial charge in [-0.15, -0.1) is 0 Å². The van der Waals surface area contributed by atoms with Gasteiger partial charge >= 0.3 is 0 Å². The highest BCUT2D eigenvalue weighted by Gasteiger charge is 2.10. The van der Waals surface area contributed by atoms with E-state index in [1.807, 2.05) is 30.3 Å². The molecule has 2 heterocycles. The van der Waals surface area contributed by atoms with Crippen LogP contribution in [0.25, 0.3) is 11.2 Å². The Kier molecular flexibility index (Phi) is 6.63. The summed E-state index contributed by atoms with van der Waals surface area (Å²) in [5.74, 6) is 0. The van der Waals surface area contributed by atoms with Gasteiger partial charge in [0.2, 0.25) is 0 Å². The predicted molar refractivity (Wildman–Crippen MR) is 116 cm³/mol. The minimum absolute atomic E-state index is 0.254. The lowest BCUT2D eigenvalue weighted by atomic mass is 10.1. The van der Waals surface area contributed by atoms with Crippen molar-refractivity contribution in [3.8, 4) is 0 Å². The molecule has 0 radical (unpaired) electrons. The first-order valence-corrected chi connectivity index (χ1v) is 9.90. The fraction of sp³-hybridized carbons (Fsp3) is 0.167. The van der Waals surface area contributed by atoms with Crippen LogP contribution in [0.3, 0.4) is 0 Å². The summed E-state index contributed by atoms with van der Waals surface area (Å²) in [6, 6.07) is 7.79. The van der Waals surface area contributed by atoms with Gasteiger partial charge in [0.25, 0.3) is 0 Å². The maximum absolute atomic E-state index is 8.25. The van der Waals surface area contributed by atoms with Crippen molar-refractivity contribution in [3.63, 3.8) is 0 Å². The van der Waals surface area contributed by atoms with Crippen LogP contribution < -0.4 is 5.32 Å². The number of benzene rings is 1. The van der Waals surface area contributed by atoms with Crippen LogP contribution in [-0.2, 0) is 6.54 Å². The molecule has 0 fully saturated rings. The highest BCUT2D eigenvalue weighted by atomic mass is 127. The SMILES string of the molecule is N=C(/C=C\CC(I)NCc1ccc(Cl)cc1)c1c[nH]c2ncc(Cl)nc12. The Hall–Kier alpha value is -1.48. The smallest absolute Gasteiger partial charge is 0.156 e. The van der Waals surface area contributed by atoms with E-state index in [9.17, 15) is 0 Å². The van der Waals surface area contributed by atoms with Crippen molar-refractivity contribution in [2.24, 2.45) is 0 Å². The molecule has 0 aliphatic carbocycles. The maximum atomic E-state index is 8.25. The first-order valence-electron chi connectivity index (χ1n) is 7.90. The van der Waals surface area contributed by atoms with E-state index in [1.54, 1.807) is 12.3 Å². The fourth-order valence-corrected chi connectivity index (χ4v) is 3.16. The van der Waals surface area contributed by atoms with Crippen LogP contribution in [0.1, 0.15) is 17.5 Å². The van der Waals surface area contributed by atoms with Gasteiger partial charge in [0.1, 0.15) is 10.7 Å². The van der Waals surface area contributed by atoms with E-state index >= 15 is 0 Å². The van der Waals surface area contributed by atoms with Crippen molar-refractivity contribution in [1.82, 2.24) is 20.3 Å². The second-order valence-corrected chi connectivity index (χ2v) is 7.95. The van der Waals surface area contributed by atoms with Crippen molar-refractivity contribution in [1.29, 1.82) is 5.41 Å². The lowest BCUT2D eigenvalue weighted by Crippen LogP contribution is -2.21. The Morgan fingerprint density at radius 2 is 2.08 bits per heavy atom. The number of nitrogens with zero attached hydrogens (tertiary/aromatic N) is 2. The number of halogens is 3. The van der Waals surface area contributed by atoms with Crippen LogP contribution >= 0.6 is 45.8 Å². The molecule has 0 aliphatic rings. The van der Waals surface area contributed by atoms with Crippen LogP contribution in [0.4, 0.5) is 0 Å². The number of aromatic nitrogens is 3. The number of fused-ring (bicyclic) bond motifs is 1. The largest absolute Gasteiger partial charge is 0.344 e. The van der Waals surface area contributed by atoms with Gasteiger partial charge < -0.3 is 15.7 Å². The number of alkyl halides is 1. The van der Waals surface area contributed by atoms with E-state index in [1.165, 1.54) is 11.8 Å². The molecule has 0 amide bonds. The van der Waals surface area contributed by atoms with Crippen LogP contribution in [0.2, 0.25) is 10.2 Å². The zero-order valence-corrected chi connectivity index (χ0v) is 17.3. The third kappa shape index (κ3) is 5.03. The third-order valence-electron chi connectivity index (χ3n) is 3.71. The van der Waals surface area contributed by atoms with Crippen LogP contribution in [0.5, 0.6) is 0 Å². The fourth-order valence-electron chi connectivity index (χ4n) is 2.38. The number of nitrogens with one attached hydrogen (secondary N) is 3. The standard InChI is InChI=1S/C18H16Cl2IN5/c19-12-6-4-11(5-7-12)8-23-16(21)3-1-2-14(22)13-9-24-18-17(13)26-15(20)10-25-18/h1-2,4-7,9-10,16,22-23H,3,8H2,(H,24,25)/b2-1-,22-14?. The summed E-state index contributed by atoms with van der Waals surface area (Å²) in [6.07, 6.45) is 7.77. The van der Waals surface area contributed by atoms with Crippen LogP contribution in [0.15, 0.2) is 48.8 Å². The number of aromatic amines is 1. The molecule has 2 aromatic heterocycles. The Balaban J connectivity index is 1.54. The molecule has 0 saturated heterocycles. The van der Waals surface area contributed by atoms with Crippen molar-refractivity contribution < 1.29 is 0 Å². The summed E-state index contributed by atoms with van der Waals surface area (Å²) in [4.78, 5) is 11.4. The zero-order chi connectivity index (χ0) is 18.5. The minimum Gasteiger partial charge on any atom is -0.344 e. The Labute approximate surface area is 174 Å². The highest BCUT2D eigenvalue weighted by Crippen LogP contribution is 2.17. The Morgan fingerprint density at radius 3 is 2.85 bits per heavy atom. The second kappa shape index (κ2) is 8.94. The Bertz CT molecular complexity index is 936. The third-order valence-corrected chi connectivity index (χ3v) is 5.09. The summed E-state index contributed by atoms with van der Waals surface area (Å²) in [5.41, 5.74) is 3.47. The van der Waals surface area contributed by atoms with E-state index in [-0.39, 0.29) is 4.05 Å². The number of allylic oxidation sites excluding steroid dienone is 1. The molecule has 0 spiro atoms. The van der Waals surface area contributed by atoms with Crippen molar-refractivity contribution in [3.05, 3.63) is 70.1 Å². The number of rotatable bonds is 7. The molecule has 3 aromatic rings. The first-order chi connectivity index (χ1) is 12.5. The predicted octanol–water partition coefficient (Wildman–Crippen LogP) is 5.13. The van der Waals surface area contributed by atoms with Crippen LogP contribution in [-0.4, -0.2) is 24.7 Å². The van der Waals surface area contributed by atoms with Gasteiger partial charge in [-0.1, -0.05) is 64.0 Å². The van der Waals surface area contributed by atoms with Gasteiger partial charge in [-0.25, -0.2) is 9.97 Å². The summed E-state index contributed by atoms with van der Waals surface area (Å²) < 4.78 is 0.254. The normalized spacial score (nSPS) is 12.7. The quantitative estimate of drug-likeness (QED) is 0.182. The Morgan fingerprint density at radius 1 is 1.31 bits per heavy atom. The molecule has 3 rings (SSSR count).